The standard InChI is InChI=1S/C21H24FN3O/c22-17-10-8-16(9-11-17)20-18-6-2-1-5-15(18)12-14-25(20)21-24-13-4-3-7-19(23)26-21/h1-2,5-6,8-11,19-20H,3-4,7,12-14,23H2/b24-21-/t19-,20-/m0/s1. The molecule has 0 bridgehead atoms. The van der Waals surface area contributed by atoms with Gasteiger partial charge >= 0.3 is 0 Å². The quantitative estimate of drug-likeness (QED) is 0.852. The van der Waals surface area contributed by atoms with Gasteiger partial charge in [-0.15, -0.1) is 0 Å². The van der Waals surface area contributed by atoms with Crippen molar-refractivity contribution in [3.8, 4) is 0 Å². The van der Waals surface area contributed by atoms with Gasteiger partial charge in [0.2, 0.25) is 0 Å². The Morgan fingerprint density at radius 2 is 1.88 bits per heavy atom. The van der Waals surface area contributed by atoms with Crippen molar-refractivity contribution >= 4 is 6.02 Å². The topological polar surface area (TPSA) is 50.8 Å². The Morgan fingerprint density at radius 3 is 2.73 bits per heavy atom. The molecule has 0 saturated heterocycles. The predicted molar refractivity (Wildman–Crippen MR) is 100 cm³/mol. The summed E-state index contributed by atoms with van der Waals surface area (Å²) in [7, 11) is 0. The molecule has 0 aliphatic carbocycles. The fourth-order valence-electron chi connectivity index (χ4n) is 3.80. The van der Waals surface area contributed by atoms with Gasteiger partial charge in [-0.05, 0) is 54.5 Å². The van der Waals surface area contributed by atoms with Gasteiger partial charge in [0.15, 0.2) is 6.23 Å². The molecule has 2 aromatic rings. The molecule has 2 aliphatic rings. The Hall–Kier alpha value is -2.40. The second-order valence-corrected chi connectivity index (χ2v) is 6.91. The van der Waals surface area contributed by atoms with Crippen molar-refractivity contribution in [1.29, 1.82) is 0 Å². The van der Waals surface area contributed by atoms with Gasteiger partial charge in [-0.2, -0.15) is 0 Å². The molecule has 0 radical (unpaired) electrons. The van der Waals surface area contributed by atoms with Crippen LogP contribution in [-0.2, 0) is 11.2 Å². The highest BCUT2D eigenvalue weighted by molar-refractivity contribution is 5.76. The molecule has 0 aromatic heterocycles. The summed E-state index contributed by atoms with van der Waals surface area (Å²) in [5.41, 5.74) is 9.68. The SMILES string of the molecule is N[C@@H]1CCCC/N=C(/N2CCc3ccccc3[C@@H]2c2ccc(F)cc2)O1. The summed E-state index contributed by atoms with van der Waals surface area (Å²) in [6, 6.07) is 15.7. The molecular formula is C21H24FN3O. The molecule has 0 spiro atoms. The molecule has 2 N–H and O–H groups in total. The van der Waals surface area contributed by atoms with Crippen LogP contribution in [0, 0.1) is 5.82 Å². The van der Waals surface area contributed by atoms with Crippen molar-refractivity contribution in [2.45, 2.75) is 38.0 Å². The van der Waals surface area contributed by atoms with E-state index >= 15 is 0 Å². The summed E-state index contributed by atoms with van der Waals surface area (Å²) in [5.74, 6) is -0.231. The summed E-state index contributed by atoms with van der Waals surface area (Å²) in [5, 5.41) is 0. The van der Waals surface area contributed by atoms with E-state index in [-0.39, 0.29) is 18.1 Å². The van der Waals surface area contributed by atoms with Crippen LogP contribution in [0.3, 0.4) is 0 Å². The number of hydrogen-bond donors (Lipinski definition) is 1. The Morgan fingerprint density at radius 1 is 1.08 bits per heavy atom. The number of aliphatic imine (C=N–C) groups is 1. The highest BCUT2D eigenvalue weighted by atomic mass is 19.1. The number of halogens is 1. The monoisotopic (exact) mass is 353 g/mol. The molecule has 0 saturated carbocycles. The number of ether oxygens (including phenoxy) is 1. The average Bonchev–Trinajstić information content (AvgIpc) is 2.64. The van der Waals surface area contributed by atoms with E-state index < -0.39 is 0 Å². The third-order valence-corrected chi connectivity index (χ3v) is 5.12. The summed E-state index contributed by atoms with van der Waals surface area (Å²) in [4.78, 5) is 6.87. The first-order valence-electron chi connectivity index (χ1n) is 9.29. The molecule has 0 fully saturated rings. The van der Waals surface area contributed by atoms with Crippen LogP contribution in [0.25, 0.3) is 0 Å². The van der Waals surface area contributed by atoms with E-state index in [1.165, 1.54) is 23.3 Å². The Labute approximate surface area is 153 Å². The van der Waals surface area contributed by atoms with Crippen molar-refractivity contribution in [3.05, 3.63) is 71.0 Å². The maximum Gasteiger partial charge on any atom is 0.289 e. The molecule has 2 heterocycles. The Balaban J connectivity index is 1.76. The average molecular weight is 353 g/mol. The van der Waals surface area contributed by atoms with E-state index in [1.54, 1.807) is 0 Å². The van der Waals surface area contributed by atoms with Crippen LogP contribution in [-0.4, -0.2) is 30.2 Å². The summed E-state index contributed by atoms with van der Waals surface area (Å²) < 4.78 is 19.5. The Kier molecular flexibility index (Phi) is 4.89. The molecule has 4 nitrogen and oxygen atoms in total. The largest absolute Gasteiger partial charge is 0.446 e. The van der Waals surface area contributed by atoms with Crippen molar-refractivity contribution in [2.24, 2.45) is 10.7 Å². The van der Waals surface area contributed by atoms with E-state index in [2.05, 4.69) is 28.1 Å². The third-order valence-electron chi connectivity index (χ3n) is 5.12. The van der Waals surface area contributed by atoms with Crippen LogP contribution in [0.4, 0.5) is 4.39 Å². The van der Waals surface area contributed by atoms with E-state index in [0.717, 1.165) is 44.3 Å². The van der Waals surface area contributed by atoms with E-state index in [1.807, 2.05) is 18.2 Å². The number of benzene rings is 2. The smallest absolute Gasteiger partial charge is 0.289 e. The molecule has 0 amide bonds. The van der Waals surface area contributed by atoms with Gasteiger partial charge in [0.25, 0.3) is 6.02 Å². The van der Waals surface area contributed by atoms with Crippen LogP contribution in [0.2, 0.25) is 0 Å². The number of hydrogen-bond acceptors (Lipinski definition) is 4. The predicted octanol–water partition coefficient (Wildman–Crippen LogP) is 3.61. The first-order chi connectivity index (χ1) is 12.7. The van der Waals surface area contributed by atoms with E-state index in [4.69, 9.17) is 10.5 Å². The molecule has 0 unspecified atom stereocenters. The second-order valence-electron chi connectivity index (χ2n) is 6.91. The number of fused-ring (bicyclic) bond motifs is 1. The van der Waals surface area contributed by atoms with Crippen molar-refractivity contribution in [1.82, 2.24) is 4.90 Å². The first kappa shape index (κ1) is 17.0. The van der Waals surface area contributed by atoms with Gasteiger partial charge in [0, 0.05) is 13.1 Å². The lowest BCUT2D eigenvalue weighted by atomic mass is 9.88. The van der Waals surface area contributed by atoms with Crippen LogP contribution in [0.5, 0.6) is 0 Å². The van der Waals surface area contributed by atoms with E-state index in [0.29, 0.717) is 6.02 Å². The third kappa shape index (κ3) is 3.44. The van der Waals surface area contributed by atoms with Crippen molar-refractivity contribution in [3.63, 3.8) is 0 Å². The number of nitrogens with two attached hydrogens (primary N) is 1. The first-order valence-corrected chi connectivity index (χ1v) is 9.29. The molecule has 2 aliphatic heterocycles. The maximum absolute atomic E-state index is 13.5. The van der Waals surface area contributed by atoms with Gasteiger partial charge in [-0.25, -0.2) is 9.38 Å². The van der Waals surface area contributed by atoms with Crippen LogP contribution in [0.1, 0.15) is 42.0 Å². The van der Waals surface area contributed by atoms with Crippen molar-refractivity contribution in [2.75, 3.05) is 13.1 Å². The molecule has 2 aromatic carbocycles. The number of amidine groups is 1. The molecule has 136 valence electrons. The molecule has 4 rings (SSSR count). The van der Waals surface area contributed by atoms with E-state index in [9.17, 15) is 4.39 Å². The van der Waals surface area contributed by atoms with Gasteiger partial charge in [-0.1, -0.05) is 36.4 Å². The molecule has 26 heavy (non-hydrogen) atoms. The zero-order valence-electron chi connectivity index (χ0n) is 14.8. The lowest BCUT2D eigenvalue weighted by molar-refractivity contribution is 0.126. The van der Waals surface area contributed by atoms with Crippen molar-refractivity contribution < 1.29 is 9.13 Å². The van der Waals surface area contributed by atoms with Crippen LogP contribution >= 0.6 is 0 Å². The van der Waals surface area contributed by atoms with Gasteiger partial charge < -0.3 is 9.64 Å². The molecule has 2 atom stereocenters. The molecule has 5 heteroatoms. The Bertz CT molecular complexity index is 790. The fraction of sp³-hybridized carbons (Fsp3) is 0.381. The lowest BCUT2D eigenvalue weighted by Gasteiger charge is -2.40. The summed E-state index contributed by atoms with van der Waals surface area (Å²) in [6.07, 6.45) is 3.48. The van der Waals surface area contributed by atoms with Crippen LogP contribution in [0.15, 0.2) is 53.5 Å². The minimum absolute atomic E-state index is 0.0501. The summed E-state index contributed by atoms with van der Waals surface area (Å²) >= 11 is 0. The normalized spacial score (nSPS) is 25.3. The van der Waals surface area contributed by atoms with Gasteiger partial charge in [0.1, 0.15) is 5.82 Å². The highest BCUT2D eigenvalue weighted by Crippen LogP contribution is 2.36. The van der Waals surface area contributed by atoms with Gasteiger partial charge in [0.05, 0.1) is 6.04 Å². The summed E-state index contributed by atoms with van der Waals surface area (Å²) in [6.45, 7) is 1.54. The zero-order chi connectivity index (χ0) is 17.9. The molecular weight excluding hydrogens is 329 g/mol. The lowest BCUT2D eigenvalue weighted by Crippen LogP contribution is -2.45. The second kappa shape index (κ2) is 7.46. The van der Waals surface area contributed by atoms with Gasteiger partial charge in [-0.3, -0.25) is 5.73 Å². The zero-order valence-corrected chi connectivity index (χ0v) is 14.8. The fourth-order valence-corrected chi connectivity index (χ4v) is 3.80. The number of rotatable bonds is 1. The minimum Gasteiger partial charge on any atom is -0.446 e. The number of nitrogens with zero attached hydrogens (tertiary/aromatic N) is 2. The maximum atomic E-state index is 13.5. The highest BCUT2D eigenvalue weighted by Gasteiger charge is 2.32. The van der Waals surface area contributed by atoms with Crippen LogP contribution < -0.4 is 5.73 Å². The minimum atomic E-state index is -0.333.